The number of benzene rings is 1. The molecule has 0 saturated carbocycles. The van der Waals surface area contributed by atoms with Crippen molar-refractivity contribution in [2.75, 3.05) is 0 Å². The third-order valence-electron chi connectivity index (χ3n) is 3.06. The molecule has 0 fully saturated rings. The number of rotatable bonds is 4. The van der Waals surface area contributed by atoms with E-state index in [4.69, 9.17) is 10.6 Å². The zero-order valence-corrected chi connectivity index (χ0v) is 11.9. The van der Waals surface area contributed by atoms with E-state index in [1.54, 1.807) is 14.0 Å². The number of oxime groups is 1. The summed E-state index contributed by atoms with van der Waals surface area (Å²) in [5, 5.41) is 18.0. The number of nitro groups is 1. The van der Waals surface area contributed by atoms with Crippen molar-refractivity contribution in [3.8, 4) is 0 Å². The van der Waals surface area contributed by atoms with Gasteiger partial charge >= 0.3 is 5.97 Å². The highest BCUT2D eigenvalue weighted by Gasteiger charge is 2.15. The van der Waals surface area contributed by atoms with Crippen molar-refractivity contribution in [1.82, 2.24) is 9.78 Å². The molecule has 0 unspecified atom stereocenters. The maximum atomic E-state index is 11.8. The van der Waals surface area contributed by atoms with Crippen LogP contribution < -0.4 is 5.73 Å². The molecule has 1 aromatic heterocycles. The molecule has 2 rings (SSSR count). The Morgan fingerprint density at radius 3 is 2.55 bits per heavy atom. The average molecular weight is 303 g/mol. The van der Waals surface area contributed by atoms with Gasteiger partial charge in [0.2, 0.25) is 0 Å². The molecule has 0 amide bonds. The van der Waals surface area contributed by atoms with Gasteiger partial charge in [-0.15, -0.1) is 0 Å². The third kappa shape index (κ3) is 3.08. The van der Waals surface area contributed by atoms with Crippen LogP contribution in [0.5, 0.6) is 0 Å². The highest BCUT2D eigenvalue weighted by molar-refractivity contribution is 5.98. The summed E-state index contributed by atoms with van der Waals surface area (Å²) in [5.41, 5.74) is 6.92. The molecule has 0 aliphatic carbocycles. The Labute approximate surface area is 125 Å². The molecule has 2 N–H and O–H groups in total. The first-order chi connectivity index (χ1) is 10.4. The lowest BCUT2D eigenvalue weighted by atomic mass is 10.2. The number of hydrogen-bond donors (Lipinski definition) is 1. The molecule has 22 heavy (non-hydrogen) atoms. The first-order valence-electron chi connectivity index (χ1n) is 6.18. The lowest BCUT2D eigenvalue weighted by molar-refractivity contribution is -0.384. The molecule has 0 radical (unpaired) electrons. The molecule has 1 heterocycles. The summed E-state index contributed by atoms with van der Waals surface area (Å²) in [7, 11) is 1.70. The number of carbonyl (C=O) groups is 1. The van der Waals surface area contributed by atoms with E-state index in [0.29, 0.717) is 11.3 Å². The predicted octanol–water partition coefficient (Wildman–Crippen LogP) is 1.11. The Kier molecular flexibility index (Phi) is 4.16. The van der Waals surface area contributed by atoms with Crippen LogP contribution in [0.2, 0.25) is 0 Å². The molecule has 2 aromatic rings. The maximum Gasteiger partial charge on any atom is 0.369 e. The minimum absolute atomic E-state index is 0.0650. The Hall–Kier alpha value is -3.23. The van der Waals surface area contributed by atoms with Crippen LogP contribution in [0.4, 0.5) is 5.69 Å². The van der Waals surface area contributed by atoms with Crippen LogP contribution in [0.15, 0.2) is 35.6 Å². The van der Waals surface area contributed by atoms with Crippen LogP contribution in [-0.2, 0) is 11.9 Å². The van der Waals surface area contributed by atoms with Crippen LogP contribution >= 0.6 is 0 Å². The van der Waals surface area contributed by atoms with Crippen molar-refractivity contribution in [3.05, 3.63) is 57.4 Å². The topological polar surface area (TPSA) is 126 Å². The van der Waals surface area contributed by atoms with Gasteiger partial charge in [-0.05, 0) is 19.1 Å². The van der Waals surface area contributed by atoms with Crippen molar-refractivity contribution < 1.29 is 14.6 Å². The van der Waals surface area contributed by atoms with E-state index in [0.717, 1.165) is 0 Å². The molecule has 9 nitrogen and oxygen atoms in total. The van der Waals surface area contributed by atoms with Gasteiger partial charge < -0.3 is 10.6 Å². The number of nitrogens with zero attached hydrogens (tertiary/aromatic N) is 4. The number of aryl methyl sites for hydroxylation is 1. The molecule has 0 saturated heterocycles. The molecular formula is C13H13N5O4. The van der Waals surface area contributed by atoms with Gasteiger partial charge in [-0.3, -0.25) is 14.8 Å². The van der Waals surface area contributed by atoms with E-state index in [1.807, 2.05) is 0 Å². The summed E-state index contributed by atoms with van der Waals surface area (Å²) < 4.78 is 1.53. The predicted molar refractivity (Wildman–Crippen MR) is 77.2 cm³/mol. The fourth-order valence-corrected chi connectivity index (χ4v) is 1.65. The van der Waals surface area contributed by atoms with E-state index in [-0.39, 0.29) is 17.1 Å². The van der Waals surface area contributed by atoms with Gasteiger partial charge in [0.15, 0.2) is 5.84 Å². The first kappa shape index (κ1) is 15.2. The van der Waals surface area contributed by atoms with Gasteiger partial charge in [0.1, 0.15) is 5.56 Å². The number of non-ortho nitro benzene ring substituents is 1. The number of nitro benzene ring substituents is 1. The maximum absolute atomic E-state index is 11.8. The van der Waals surface area contributed by atoms with E-state index >= 15 is 0 Å². The smallest absolute Gasteiger partial charge is 0.369 e. The van der Waals surface area contributed by atoms with E-state index in [2.05, 4.69) is 10.3 Å². The van der Waals surface area contributed by atoms with E-state index in [9.17, 15) is 14.9 Å². The summed E-state index contributed by atoms with van der Waals surface area (Å²) >= 11 is 0. The van der Waals surface area contributed by atoms with Crippen molar-refractivity contribution in [3.63, 3.8) is 0 Å². The molecule has 0 spiro atoms. The van der Waals surface area contributed by atoms with Gasteiger partial charge in [0.05, 0.1) is 11.1 Å². The second-order valence-electron chi connectivity index (χ2n) is 4.43. The number of carbonyl (C=O) groups excluding carboxylic acids is 1. The van der Waals surface area contributed by atoms with Crippen molar-refractivity contribution >= 4 is 17.5 Å². The van der Waals surface area contributed by atoms with Crippen LogP contribution in [0.1, 0.15) is 21.6 Å². The Morgan fingerprint density at radius 2 is 2.05 bits per heavy atom. The highest BCUT2D eigenvalue weighted by atomic mass is 16.7. The number of hydrogen-bond acceptors (Lipinski definition) is 6. The minimum Gasteiger partial charge on any atom is -0.380 e. The summed E-state index contributed by atoms with van der Waals surface area (Å²) in [6, 6.07) is 5.40. The number of nitrogens with two attached hydrogens (primary N) is 1. The molecule has 0 aliphatic heterocycles. The van der Waals surface area contributed by atoms with Crippen molar-refractivity contribution in [2.24, 2.45) is 17.9 Å². The third-order valence-corrected chi connectivity index (χ3v) is 3.06. The van der Waals surface area contributed by atoms with Gasteiger partial charge in [0, 0.05) is 30.4 Å². The zero-order chi connectivity index (χ0) is 16.3. The SMILES string of the molecule is Cc1c(C(=O)O/N=C(\N)c2ccc([N+](=O)[O-])cc2)cnn1C. The van der Waals surface area contributed by atoms with Gasteiger partial charge in [-0.2, -0.15) is 5.10 Å². The fourth-order valence-electron chi connectivity index (χ4n) is 1.65. The largest absolute Gasteiger partial charge is 0.380 e. The lowest BCUT2D eigenvalue weighted by Crippen LogP contribution is -2.15. The summed E-state index contributed by atoms with van der Waals surface area (Å²) in [5.74, 6) is -0.750. The standard InChI is InChI=1S/C13H13N5O4/c1-8-11(7-15-17(8)2)13(19)22-16-12(14)9-3-5-10(6-4-9)18(20)21/h3-7H,1-2H3,(H2,14,16). The monoisotopic (exact) mass is 303 g/mol. The van der Waals surface area contributed by atoms with E-state index in [1.165, 1.54) is 35.1 Å². The quantitative estimate of drug-likeness (QED) is 0.296. The summed E-state index contributed by atoms with van der Waals surface area (Å²) in [6.45, 7) is 1.72. The van der Waals surface area contributed by atoms with Crippen molar-refractivity contribution in [2.45, 2.75) is 6.92 Å². The highest BCUT2D eigenvalue weighted by Crippen LogP contribution is 2.12. The van der Waals surface area contributed by atoms with Crippen LogP contribution in [0, 0.1) is 17.0 Å². The molecule has 0 aliphatic rings. The molecule has 114 valence electrons. The zero-order valence-electron chi connectivity index (χ0n) is 11.9. The van der Waals surface area contributed by atoms with Gasteiger partial charge in [0.25, 0.3) is 5.69 Å². The Balaban J connectivity index is 2.10. The second-order valence-corrected chi connectivity index (χ2v) is 4.43. The van der Waals surface area contributed by atoms with Crippen LogP contribution in [0.25, 0.3) is 0 Å². The molecule has 9 heteroatoms. The molecule has 0 atom stereocenters. The normalized spacial score (nSPS) is 11.3. The molecule has 1 aromatic carbocycles. The Bertz CT molecular complexity index is 748. The summed E-state index contributed by atoms with van der Waals surface area (Å²) in [6.07, 6.45) is 1.37. The average Bonchev–Trinajstić information content (AvgIpc) is 2.84. The van der Waals surface area contributed by atoms with E-state index < -0.39 is 10.9 Å². The van der Waals surface area contributed by atoms with Crippen molar-refractivity contribution in [1.29, 1.82) is 0 Å². The number of aromatic nitrogens is 2. The van der Waals surface area contributed by atoms with Gasteiger partial charge in [-0.1, -0.05) is 5.16 Å². The lowest BCUT2D eigenvalue weighted by Gasteiger charge is -2.01. The fraction of sp³-hybridized carbons (Fsp3) is 0.154. The van der Waals surface area contributed by atoms with Gasteiger partial charge in [-0.25, -0.2) is 4.79 Å². The second kappa shape index (κ2) is 6.04. The molecular weight excluding hydrogens is 290 g/mol. The van der Waals surface area contributed by atoms with Crippen LogP contribution in [0.3, 0.4) is 0 Å². The molecule has 0 bridgehead atoms. The Morgan fingerprint density at radius 1 is 1.41 bits per heavy atom. The minimum atomic E-state index is -0.685. The number of amidine groups is 1. The first-order valence-corrected chi connectivity index (χ1v) is 6.18. The summed E-state index contributed by atoms with van der Waals surface area (Å²) in [4.78, 5) is 26.6. The van der Waals surface area contributed by atoms with Crippen LogP contribution in [-0.4, -0.2) is 26.5 Å².